The van der Waals surface area contributed by atoms with E-state index in [4.69, 9.17) is 5.73 Å². The summed E-state index contributed by atoms with van der Waals surface area (Å²) in [6, 6.07) is 12.6. The lowest BCUT2D eigenvalue weighted by molar-refractivity contribution is -0.132. The summed E-state index contributed by atoms with van der Waals surface area (Å²) in [4.78, 5) is 23.1. The number of anilines is 2. The van der Waals surface area contributed by atoms with Gasteiger partial charge in [0, 0.05) is 29.0 Å². The highest BCUT2D eigenvalue weighted by Crippen LogP contribution is 2.33. The van der Waals surface area contributed by atoms with Crippen LogP contribution in [0.4, 0.5) is 11.4 Å². The minimum atomic E-state index is -1.02. The standard InChI is InChI=1S/C18H17N3O3/c1-10-2-5-12(6-3-10)21-16-13-8-11(17(19)22)4-7-15(13)20-9-14(16)18(23)24/h2-8,20-21H,9H2,1H3,(H2,19,22)(H,23,24). The molecule has 0 atom stereocenters. The maximum atomic E-state index is 11.6. The van der Waals surface area contributed by atoms with Crippen LogP contribution in [0.3, 0.4) is 0 Å². The third-order valence-electron chi connectivity index (χ3n) is 3.91. The number of carbonyl (C=O) groups is 2. The van der Waals surface area contributed by atoms with Crippen LogP contribution in [-0.4, -0.2) is 23.5 Å². The first kappa shape index (κ1) is 15.6. The van der Waals surface area contributed by atoms with Gasteiger partial charge in [-0.1, -0.05) is 17.7 Å². The summed E-state index contributed by atoms with van der Waals surface area (Å²) in [6.45, 7) is 2.16. The number of carboxylic acid groups (broad SMARTS) is 1. The van der Waals surface area contributed by atoms with Crippen molar-refractivity contribution in [2.75, 3.05) is 17.2 Å². The first-order valence-electron chi connectivity index (χ1n) is 7.44. The monoisotopic (exact) mass is 323 g/mol. The molecule has 6 nitrogen and oxygen atoms in total. The summed E-state index contributed by atoms with van der Waals surface area (Å²) >= 11 is 0. The largest absolute Gasteiger partial charge is 0.478 e. The van der Waals surface area contributed by atoms with Gasteiger partial charge in [0.2, 0.25) is 5.91 Å². The molecular weight excluding hydrogens is 306 g/mol. The Kier molecular flexibility index (Phi) is 3.95. The second-order valence-corrected chi connectivity index (χ2v) is 5.63. The van der Waals surface area contributed by atoms with E-state index in [1.807, 2.05) is 31.2 Å². The SMILES string of the molecule is Cc1ccc(NC2=C(C(=O)O)CNc3ccc(C(N)=O)cc32)cc1. The molecule has 24 heavy (non-hydrogen) atoms. The predicted octanol–water partition coefficient (Wildman–Crippen LogP) is 2.43. The molecule has 6 heteroatoms. The number of nitrogens with two attached hydrogens (primary N) is 1. The molecule has 2 aromatic carbocycles. The Labute approximate surface area is 139 Å². The fraction of sp³-hybridized carbons (Fsp3) is 0.111. The van der Waals surface area contributed by atoms with Crippen LogP contribution in [-0.2, 0) is 4.79 Å². The van der Waals surface area contributed by atoms with Crippen LogP contribution in [0, 0.1) is 6.92 Å². The number of hydrogen-bond acceptors (Lipinski definition) is 4. The van der Waals surface area contributed by atoms with Crippen LogP contribution < -0.4 is 16.4 Å². The highest BCUT2D eigenvalue weighted by molar-refractivity contribution is 6.04. The molecule has 0 saturated carbocycles. The third-order valence-corrected chi connectivity index (χ3v) is 3.91. The summed E-state index contributed by atoms with van der Waals surface area (Å²) in [5.41, 5.74) is 9.56. The number of rotatable bonds is 4. The molecule has 0 spiro atoms. The van der Waals surface area contributed by atoms with Crippen molar-refractivity contribution in [1.29, 1.82) is 0 Å². The molecule has 2 aromatic rings. The number of primary amides is 1. The summed E-state index contributed by atoms with van der Waals surface area (Å²) in [7, 11) is 0. The normalized spacial score (nSPS) is 13.0. The Balaban J connectivity index is 2.11. The molecule has 1 amide bonds. The van der Waals surface area contributed by atoms with Gasteiger partial charge >= 0.3 is 5.97 Å². The topological polar surface area (TPSA) is 104 Å². The first-order valence-corrected chi connectivity index (χ1v) is 7.44. The van der Waals surface area contributed by atoms with Crippen molar-refractivity contribution in [3.8, 4) is 0 Å². The number of carbonyl (C=O) groups excluding carboxylic acids is 1. The Hall–Kier alpha value is -3.28. The van der Waals surface area contributed by atoms with Crippen LogP contribution in [0.15, 0.2) is 48.0 Å². The number of carboxylic acids is 1. The van der Waals surface area contributed by atoms with Gasteiger partial charge in [0.25, 0.3) is 0 Å². The van der Waals surface area contributed by atoms with Crippen LogP contribution in [0.2, 0.25) is 0 Å². The van der Waals surface area contributed by atoms with E-state index in [0.717, 1.165) is 16.9 Å². The van der Waals surface area contributed by atoms with Crippen LogP contribution in [0.25, 0.3) is 5.70 Å². The zero-order valence-electron chi connectivity index (χ0n) is 13.1. The van der Waals surface area contributed by atoms with E-state index in [1.54, 1.807) is 18.2 Å². The van der Waals surface area contributed by atoms with E-state index in [1.165, 1.54) is 0 Å². The molecule has 0 unspecified atom stereocenters. The zero-order chi connectivity index (χ0) is 17.3. The Morgan fingerprint density at radius 3 is 2.50 bits per heavy atom. The van der Waals surface area contributed by atoms with E-state index in [9.17, 15) is 14.7 Å². The lowest BCUT2D eigenvalue weighted by atomic mass is 9.97. The van der Waals surface area contributed by atoms with Gasteiger partial charge in [-0.05, 0) is 37.3 Å². The van der Waals surface area contributed by atoms with Crippen molar-refractivity contribution in [3.05, 3.63) is 64.7 Å². The quantitative estimate of drug-likeness (QED) is 0.692. The molecule has 1 heterocycles. The molecule has 0 saturated heterocycles. The van der Waals surface area contributed by atoms with E-state index in [2.05, 4.69) is 10.6 Å². The summed E-state index contributed by atoms with van der Waals surface area (Å²) in [5.74, 6) is -1.58. The molecule has 1 aliphatic rings. The van der Waals surface area contributed by atoms with Gasteiger partial charge in [-0.2, -0.15) is 0 Å². The van der Waals surface area contributed by atoms with Crippen molar-refractivity contribution in [3.63, 3.8) is 0 Å². The van der Waals surface area contributed by atoms with E-state index in [-0.39, 0.29) is 12.1 Å². The van der Waals surface area contributed by atoms with Gasteiger partial charge in [0.1, 0.15) is 0 Å². The first-order chi connectivity index (χ1) is 11.5. The summed E-state index contributed by atoms with van der Waals surface area (Å²) in [6.07, 6.45) is 0. The van der Waals surface area contributed by atoms with Gasteiger partial charge < -0.3 is 21.5 Å². The minimum absolute atomic E-state index is 0.187. The third kappa shape index (κ3) is 2.94. The van der Waals surface area contributed by atoms with Gasteiger partial charge in [-0.25, -0.2) is 4.79 Å². The number of benzene rings is 2. The van der Waals surface area contributed by atoms with Crippen LogP contribution in [0.1, 0.15) is 21.5 Å². The fourth-order valence-corrected chi connectivity index (χ4v) is 2.60. The zero-order valence-corrected chi connectivity index (χ0v) is 13.1. The minimum Gasteiger partial charge on any atom is -0.478 e. The number of hydrogen-bond donors (Lipinski definition) is 4. The van der Waals surface area contributed by atoms with Crippen LogP contribution in [0.5, 0.6) is 0 Å². The van der Waals surface area contributed by atoms with Crippen LogP contribution >= 0.6 is 0 Å². The molecule has 1 aliphatic heterocycles. The van der Waals surface area contributed by atoms with Gasteiger partial charge in [-0.15, -0.1) is 0 Å². The van der Waals surface area contributed by atoms with Crippen molar-refractivity contribution in [2.24, 2.45) is 5.73 Å². The fourth-order valence-electron chi connectivity index (χ4n) is 2.60. The lowest BCUT2D eigenvalue weighted by Crippen LogP contribution is -2.23. The molecule has 0 fully saturated rings. The smallest absolute Gasteiger partial charge is 0.335 e. The predicted molar refractivity (Wildman–Crippen MR) is 92.8 cm³/mol. The van der Waals surface area contributed by atoms with E-state index < -0.39 is 11.9 Å². The highest BCUT2D eigenvalue weighted by atomic mass is 16.4. The summed E-state index contributed by atoms with van der Waals surface area (Å²) < 4.78 is 0. The number of fused-ring (bicyclic) bond motifs is 1. The second kappa shape index (κ2) is 6.08. The maximum absolute atomic E-state index is 11.6. The highest BCUT2D eigenvalue weighted by Gasteiger charge is 2.24. The molecule has 5 N–H and O–H groups in total. The molecule has 0 bridgehead atoms. The van der Waals surface area contributed by atoms with Crippen molar-refractivity contribution < 1.29 is 14.7 Å². The maximum Gasteiger partial charge on any atom is 0.335 e. The number of aryl methyl sites for hydroxylation is 1. The van der Waals surface area contributed by atoms with E-state index in [0.29, 0.717) is 16.8 Å². The molecule has 0 aliphatic carbocycles. The van der Waals surface area contributed by atoms with Gasteiger partial charge in [-0.3, -0.25) is 4.79 Å². The van der Waals surface area contributed by atoms with Crippen molar-refractivity contribution in [2.45, 2.75) is 6.92 Å². The van der Waals surface area contributed by atoms with Crippen molar-refractivity contribution >= 4 is 28.9 Å². The van der Waals surface area contributed by atoms with Crippen molar-refractivity contribution in [1.82, 2.24) is 0 Å². The molecule has 122 valence electrons. The second-order valence-electron chi connectivity index (χ2n) is 5.63. The van der Waals surface area contributed by atoms with Gasteiger partial charge in [0.15, 0.2) is 0 Å². The molecule has 3 rings (SSSR count). The molecule has 0 radical (unpaired) electrons. The Morgan fingerprint density at radius 1 is 1.17 bits per heavy atom. The average molecular weight is 323 g/mol. The Bertz CT molecular complexity index is 854. The van der Waals surface area contributed by atoms with Gasteiger partial charge in [0.05, 0.1) is 11.3 Å². The number of nitrogens with one attached hydrogen (secondary N) is 2. The lowest BCUT2D eigenvalue weighted by Gasteiger charge is -2.24. The Morgan fingerprint density at radius 2 is 1.88 bits per heavy atom. The molecular formula is C18H17N3O3. The summed E-state index contributed by atoms with van der Waals surface area (Å²) in [5, 5.41) is 15.7. The molecule has 0 aromatic heterocycles. The number of aliphatic carboxylic acids is 1. The number of amides is 1. The van der Waals surface area contributed by atoms with E-state index >= 15 is 0 Å². The average Bonchev–Trinajstić information content (AvgIpc) is 2.56.